The SMILES string of the molecule is CCOc1ccc(NCC(=O)N/N=C\c2ccc3c(c2)OCO3)cc1. The van der Waals surface area contributed by atoms with Crippen molar-refractivity contribution in [3.8, 4) is 17.2 Å². The lowest BCUT2D eigenvalue weighted by Crippen LogP contribution is -2.25. The summed E-state index contributed by atoms with van der Waals surface area (Å²) in [7, 11) is 0. The number of rotatable bonds is 7. The van der Waals surface area contributed by atoms with Crippen molar-refractivity contribution in [2.75, 3.05) is 25.3 Å². The Morgan fingerprint density at radius 3 is 2.80 bits per heavy atom. The molecule has 1 amide bonds. The van der Waals surface area contributed by atoms with Crippen molar-refractivity contribution >= 4 is 17.8 Å². The summed E-state index contributed by atoms with van der Waals surface area (Å²) in [4.78, 5) is 11.8. The highest BCUT2D eigenvalue weighted by Crippen LogP contribution is 2.31. The van der Waals surface area contributed by atoms with E-state index in [0.717, 1.165) is 17.0 Å². The number of benzene rings is 2. The van der Waals surface area contributed by atoms with Crippen LogP contribution in [0.15, 0.2) is 47.6 Å². The Morgan fingerprint density at radius 2 is 2.00 bits per heavy atom. The van der Waals surface area contributed by atoms with Crippen molar-refractivity contribution in [3.63, 3.8) is 0 Å². The minimum Gasteiger partial charge on any atom is -0.494 e. The number of hydrogen-bond acceptors (Lipinski definition) is 6. The Bertz CT molecular complexity index is 759. The van der Waals surface area contributed by atoms with Crippen LogP contribution in [0.3, 0.4) is 0 Å². The van der Waals surface area contributed by atoms with Gasteiger partial charge in [-0.3, -0.25) is 4.79 Å². The number of ether oxygens (including phenoxy) is 3. The van der Waals surface area contributed by atoms with E-state index in [4.69, 9.17) is 14.2 Å². The Labute approximate surface area is 145 Å². The molecule has 0 aromatic heterocycles. The number of hydrogen-bond donors (Lipinski definition) is 2. The third-order valence-corrected chi connectivity index (χ3v) is 3.42. The Kier molecular flexibility index (Phi) is 5.36. The molecule has 25 heavy (non-hydrogen) atoms. The highest BCUT2D eigenvalue weighted by atomic mass is 16.7. The molecule has 2 N–H and O–H groups in total. The summed E-state index contributed by atoms with van der Waals surface area (Å²) in [6, 6.07) is 12.8. The van der Waals surface area contributed by atoms with E-state index in [1.54, 1.807) is 18.3 Å². The lowest BCUT2D eigenvalue weighted by molar-refractivity contribution is -0.119. The summed E-state index contributed by atoms with van der Waals surface area (Å²) in [6.07, 6.45) is 1.55. The maximum Gasteiger partial charge on any atom is 0.259 e. The van der Waals surface area contributed by atoms with Gasteiger partial charge in [-0.2, -0.15) is 5.10 Å². The average Bonchev–Trinajstić information content (AvgIpc) is 3.09. The number of hydrazone groups is 1. The van der Waals surface area contributed by atoms with E-state index in [1.807, 2.05) is 37.3 Å². The van der Waals surface area contributed by atoms with Gasteiger partial charge in [-0.1, -0.05) is 0 Å². The molecule has 0 atom stereocenters. The predicted molar refractivity (Wildman–Crippen MR) is 94.4 cm³/mol. The van der Waals surface area contributed by atoms with Gasteiger partial charge in [0.15, 0.2) is 11.5 Å². The first-order valence-corrected chi connectivity index (χ1v) is 7.93. The minimum absolute atomic E-state index is 0.118. The fraction of sp³-hybridized carbons (Fsp3) is 0.222. The van der Waals surface area contributed by atoms with Gasteiger partial charge in [0.2, 0.25) is 6.79 Å². The molecule has 1 aliphatic rings. The molecular weight excluding hydrogens is 322 g/mol. The van der Waals surface area contributed by atoms with E-state index in [1.165, 1.54) is 0 Å². The standard InChI is InChI=1S/C18H19N3O4/c1-2-23-15-6-4-14(5-7-15)19-11-18(22)21-20-10-13-3-8-16-17(9-13)25-12-24-16/h3-10,19H,2,11-12H2,1H3,(H,21,22)/b20-10-. The lowest BCUT2D eigenvalue weighted by atomic mass is 10.2. The zero-order valence-corrected chi connectivity index (χ0v) is 13.8. The van der Waals surface area contributed by atoms with Gasteiger partial charge < -0.3 is 19.5 Å². The first kappa shape index (κ1) is 16.6. The van der Waals surface area contributed by atoms with Gasteiger partial charge in [-0.05, 0) is 55.0 Å². The molecule has 0 spiro atoms. The quantitative estimate of drug-likeness (QED) is 0.597. The average molecular weight is 341 g/mol. The number of amides is 1. The van der Waals surface area contributed by atoms with Crippen LogP contribution in [0, 0.1) is 0 Å². The number of anilines is 1. The van der Waals surface area contributed by atoms with Crippen molar-refractivity contribution < 1.29 is 19.0 Å². The van der Waals surface area contributed by atoms with Crippen LogP contribution < -0.4 is 25.0 Å². The molecule has 0 saturated carbocycles. The van der Waals surface area contributed by atoms with E-state index >= 15 is 0 Å². The van der Waals surface area contributed by atoms with Gasteiger partial charge in [-0.15, -0.1) is 0 Å². The summed E-state index contributed by atoms with van der Waals surface area (Å²) in [5, 5.41) is 6.96. The molecule has 7 heteroatoms. The van der Waals surface area contributed by atoms with Crippen LogP contribution in [0.5, 0.6) is 17.2 Å². The molecule has 2 aromatic rings. The predicted octanol–water partition coefficient (Wildman–Crippen LogP) is 2.38. The van der Waals surface area contributed by atoms with Gasteiger partial charge in [0.1, 0.15) is 5.75 Å². The maximum atomic E-state index is 11.8. The number of fused-ring (bicyclic) bond motifs is 1. The Balaban J connectivity index is 1.44. The van der Waals surface area contributed by atoms with Crippen LogP contribution in [0.1, 0.15) is 12.5 Å². The van der Waals surface area contributed by atoms with Gasteiger partial charge in [0, 0.05) is 5.69 Å². The molecule has 1 heterocycles. The molecule has 0 bridgehead atoms. The van der Waals surface area contributed by atoms with Gasteiger partial charge in [-0.25, -0.2) is 5.43 Å². The monoisotopic (exact) mass is 341 g/mol. The third kappa shape index (κ3) is 4.63. The maximum absolute atomic E-state index is 11.8. The summed E-state index contributed by atoms with van der Waals surface area (Å²) in [5.74, 6) is 1.94. The van der Waals surface area contributed by atoms with Crippen molar-refractivity contribution in [2.45, 2.75) is 6.92 Å². The largest absolute Gasteiger partial charge is 0.494 e. The first-order valence-electron chi connectivity index (χ1n) is 7.93. The minimum atomic E-state index is -0.245. The van der Waals surface area contributed by atoms with Crippen molar-refractivity contribution in [3.05, 3.63) is 48.0 Å². The summed E-state index contributed by atoms with van der Waals surface area (Å²) in [6.45, 7) is 2.90. The van der Waals surface area contributed by atoms with Gasteiger partial charge in [0.05, 0.1) is 19.4 Å². The Hall–Kier alpha value is -3.22. The van der Waals surface area contributed by atoms with Crippen molar-refractivity contribution in [2.24, 2.45) is 5.10 Å². The Morgan fingerprint density at radius 1 is 1.20 bits per heavy atom. The van der Waals surface area contributed by atoms with E-state index in [2.05, 4.69) is 15.8 Å². The second-order valence-corrected chi connectivity index (χ2v) is 5.22. The van der Waals surface area contributed by atoms with Crippen LogP contribution in [0.25, 0.3) is 0 Å². The zero-order valence-electron chi connectivity index (χ0n) is 13.8. The number of nitrogens with zero attached hydrogens (tertiary/aromatic N) is 1. The normalized spacial score (nSPS) is 12.2. The van der Waals surface area contributed by atoms with E-state index < -0.39 is 0 Å². The van der Waals surface area contributed by atoms with Crippen molar-refractivity contribution in [1.82, 2.24) is 5.43 Å². The molecule has 2 aromatic carbocycles. The molecule has 3 rings (SSSR count). The fourth-order valence-corrected chi connectivity index (χ4v) is 2.23. The molecule has 130 valence electrons. The first-order chi connectivity index (χ1) is 12.2. The van der Waals surface area contributed by atoms with E-state index in [0.29, 0.717) is 18.1 Å². The summed E-state index contributed by atoms with van der Waals surface area (Å²) < 4.78 is 15.9. The van der Waals surface area contributed by atoms with Crippen LogP contribution >= 0.6 is 0 Å². The van der Waals surface area contributed by atoms with Crippen molar-refractivity contribution in [1.29, 1.82) is 0 Å². The number of carbonyl (C=O) groups excluding carboxylic acids is 1. The smallest absolute Gasteiger partial charge is 0.259 e. The number of carbonyl (C=O) groups is 1. The van der Waals surface area contributed by atoms with E-state index in [9.17, 15) is 4.79 Å². The third-order valence-electron chi connectivity index (χ3n) is 3.42. The van der Waals surface area contributed by atoms with Gasteiger partial charge >= 0.3 is 0 Å². The topological polar surface area (TPSA) is 81.2 Å². The molecule has 0 saturated heterocycles. The van der Waals surface area contributed by atoms with E-state index in [-0.39, 0.29) is 19.2 Å². The lowest BCUT2D eigenvalue weighted by Gasteiger charge is -2.07. The molecular formula is C18H19N3O4. The molecule has 7 nitrogen and oxygen atoms in total. The molecule has 1 aliphatic heterocycles. The second-order valence-electron chi connectivity index (χ2n) is 5.22. The summed E-state index contributed by atoms with van der Waals surface area (Å²) in [5.41, 5.74) is 4.11. The second kappa shape index (κ2) is 8.05. The molecule has 0 unspecified atom stereocenters. The molecule has 0 radical (unpaired) electrons. The fourth-order valence-electron chi connectivity index (χ4n) is 2.23. The summed E-state index contributed by atoms with van der Waals surface area (Å²) >= 11 is 0. The van der Waals surface area contributed by atoms with Crippen LogP contribution in [-0.2, 0) is 4.79 Å². The molecule has 0 aliphatic carbocycles. The molecule has 0 fully saturated rings. The van der Waals surface area contributed by atoms with Crippen LogP contribution in [0.2, 0.25) is 0 Å². The highest BCUT2D eigenvalue weighted by molar-refractivity contribution is 5.84. The van der Waals surface area contributed by atoms with Gasteiger partial charge in [0.25, 0.3) is 5.91 Å². The highest BCUT2D eigenvalue weighted by Gasteiger charge is 2.12. The van der Waals surface area contributed by atoms with Crippen LogP contribution in [0.4, 0.5) is 5.69 Å². The number of nitrogens with one attached hydrogen (secondary N) is 2. The zero-order chi connectivity index (χ0) is 17.5. The van der Waals surface area contributed by atoms with Crippen LogP contribution in [-0.4, -0.2) is 32.1 Å².